The van der Waals surface area contributed by atoms with Crippen LogP contribution in [0.3, 0.4) is 0 Å². The Kier molecular flexibility index (Phi) is 5.87. The molecule has 4 heterocycles. The molecule has 0 atom stereocenters. The number of pyridine rings is 2. The molecule has 0 fully saturated rings. The lowest BCUT2D eigenvalue weighted by Crippen LogP contribution is -2.30. The summed E-state index contributed by atoms with van der Waals surface area (Å²) in [4.78, 5) is 59.9. The first-order valence-electron chi connectivity index (χ1n) is 13.2. The molecule has 0 unspecified atom stereocenters. The van der Waals surface area contributed by atoms with Crippen molar-refractivity contribution >= 4 is 78.6 Å². The van der Waals surface area contributed by atoms with Crippen molar-refractivity contribution in [2.45, 2.75) is 0 Å². The molecular weight excluding hydrogens is 528 g/mol. The van der Waals surface area contributed by atoms with Crippen molar-refractivity contribution < 1.29 is 19.2 Å². The number of imide groups is 2. The normalized spacial score (nSPS) is 14.6. The highest BCUT2D eigenvalue weighted by molar-refractivity contribution is 6.34. The van der Waals surface area contributed by atoms with E-state index < -0.39 is 0 Å². The summed E-state index contributed by atoms with van der Waals surface area (Å²) in [5.74, 6) is -1.27. The van der Waals surface area contributed by atoms with Crippen LogP contribution < -0.4 is 9.80 Å². The average molecular weight is 549 g/mol. The molecule has 0 saturated heterocycles. The highest BCUT2D eigenvalue weighted by Crippen LogP contribution is 2.36. The third kappa shape index (κ3) is 4.01. The number of aromatic nitrogens is 2. The highest BCUT2D eigenvalue weighted by atomic mass is 16.2. The molecule has 4 amide bonds. The number of hydrogen-bond donors (Lipinski definition) is 0. The van der Waals surface area contributed by atoms with E-state index >= 15 is 0 Å². The predicted molar refractivity (Wildman–Crippen MR) is 162 cm³/mol. The lowest BCUT2D eigenvalue weighted by Gasteiger charge is -2.18. The maximum Gasteiger partial charge on any atom is 0.258 e. The number of carbonyl (C=O) groups is 4. The van der Waals surface area contributed by atoms with E-state index in [-0.39, 0.29) is 23.6 Å². The van der Waals surface area contributed by atoms with Gasteiger partial charge in [-0.25, -0.2) is 19.8 Å². The van der Waals surface area contributed by atoms with Gasteiger partial charge in [0.25, 0.3) is 23.6 Å². The number of anilines is 2. The standard InChI is InChI=1S/2C17H10N2O2/c2*20-15-9-10-16(21)19(15)17-11-5-1-3-7-13(11)18-14-8-4-2-6-12(14)17/h2*1-10H. The minimum Gasteiger partial charge on any atom is -0.269 e. The molecule has 8 nitrogen and oxygen atoms in total. The molecule has 2 aliphatic rings. The van der Waals surface area contributed by atoms with Crippen LogP contribution in [0.15, 0.2) is 121 Å². The molecule has 0 spiro atoms. The number of rotatable bonds is 2. The Hall–Kier alpha value is -6.02. The molecular formula is C34H20N4O4. The van der Waals surface area contributed by atoms with Gasteiger partial charge in [0, 0.05) is 45.8 Å². The van der Waals surface area contributed by atoms with Crippen molar-refractivity contribution in [3.05, 3.63) is 121 Å². The third-order valence-electron chi connectivity index (χ3n) is 7.18. The molecule has 8 heteroatoms. The van der Waals surface area contributed by atoms with Crippen molar-refractivity contribution in [2.75, 3.05) is 9.80 Å². The van der Waals surface area contributed by atoms with E-state index in [0.29, 0.717) is 11.4 Å². The van der Waals surface area contributed by atoms with Gasteiger partial charge in [-0.1, -0.05) is 72.8 Å². The van der Waals surface area contributed by atoms with Crippen molar-refractivity contribution in [3.63, 3.8) is 0 Å². The number of carbonyl (C=O) groups excluding carboxylic acids is 4. The fourth-order valence-electron chi connectivity index (χ4n) is 5.36. The van der Waals surface area contributed by atoms with Crippen LogP contribution >= 0.6 is 0 Å². The summed E-state index contributed by atoms with van der Waals surface area (Å²) in [7, 11) is 0. The van der Waals surface area contributed by atoms with E-state index in [9.17, 15) is 19.2 Å². The fourth-order valence-corrected chi connectivity index (χ4v) is 5.36. The second-order valence-electron chi connectivity index (χ2n) is 9.68. The first-order valence-corrected chi connectivity index (χ1v) is 13.2. The van der Waals surface area contributed by atoms with E-state index in [0.717, 1.165) is 43.6 Å². The summed E-state index contributed by atoms with van der Waals surface area (Å²) < 4.78 is 0. The molecule has 4 aromatic carbocycles. The molecule has 0 radical (unpaired) electrons. The molecule has 2 aromatic heterocycles. The minimum atomic E-state index is -0.318. The monoisotopic (exact) mass is 548 g/mol. The molecule has 2 aliphatic heterocycles. The van der Waals surface area contributed by atoms with Gasteiger partial charge in [-0.3, -0.25) is 19.2 Å². The van der Waals surface area contributed by atoms with E-state index in [1.807, 2.05) is 97.1 Å². The van der Waals surface area contributed by atoms with Crippen LogP contribution in [-0.4, -0.2) is 33.6 Å². The Bertz CT molecular complexity index is 1900. The largest absolute Gasteiger partial charge is 0.269 e. The summed E-state index contributed by atoms with van der Waals surface area (Å²) in [5.41, 5.74) is 4.27. The number of hydrogen-bond acceptors (Lipinski definition) is 6. The summed E-state index contributed by atoms with van der Waals surface area (Å²) in [6.07, 6.45) is 5.19. The maximum atomic E-state index is 12.1. The Morgan fingerprint density at radius 2 is 0.595 bits per heavy atom. The van der Waals surface area contributed by atoms with Gasteiger partial charge in [-0.15, -0.1) is 0 Å². The van der Waals surface area contributed by atoms with Gasteiger partial charge >= 0.3 is 0 Å². The first kappa shape index (κ1) is 25.0. The molecule has 0 N–H and O–H groups in total. The van der Waals surface area contributed by atoms with Crippen LogP contribution in [0.25, 0.3) is 43.6 Å². The molecule has 8 rings (SSSR count). The molecule has 42 heavy (non-hydrogen) atoms. The van der Waals surface area contributed by atoms with Crippen LogP contribution in [-0.2, 0) is 19.2 Å². The molecule has 0 bridgehead atoms. The van der Waals surface area contributed by atoms with Gasteiger partial charge in [0.2, 0.25) is 0 Å². The number of fused-ring (bicyclic) bond motifs is 4. The van der Waals surface area contributed by atoms with Gasteiger partial charge in [0.1, 0.15) is 0 Å². The quantitative estimate of drug-likeness (QED) is 0.205. The Morgan fingerprint density at radius 1 is 0.357 bits per heavy atom. The van der Waals surface area contributed by atoms with Gasteiger partial charge in [0.05, 0.1) is 33.4 Å². The summed E-state index contributed by atoms with van der Waals surface area (Å²) in [6, 6.07) is 30.1. The van der Waals surface area contributed by atoms with Gasteiger partial charge in [-0.2, -0.15) is 0 Å². The van der Waals surface area contributed by atoms with Crippen LogP contribution in [0, 0.1) is 0 Å². The van der Waals surface area contributed by atoms with Crippen LogP contribution in [0.4, 0.5) is 11.4 Å². The van der Waals surface area contributed by atoms with E-state index in [2.05, 4.69) is 9.97 Å². The van der Waals surface area contributed by atoms with Crippen LogP contribution in [0.5, 0.6) is 0 Å². The van der Waals surface area contributed by atoms with Crippen molar-refractivity contribution in [1.82, 2.24) is 9.97 Å². The van der Waals surface area contributed by atoms with E-state index in [1.54, 1.807) is 0 Å². The van der Waals surface area contributed by atoms with Gasteiger partial charge in [0.15, 0.2) is 0 Å². The SMILES string of the molecule is O=C1C=CC(=O)N1c1c2ccccc2nc2ccccc12.O=C1C=CC(=O)N1c1c2ccccc2nc2ccccc12. The number of para-hydroxylation sites is 4. The maximum absolute atomic E-state index is 12.1. The summed E-state index contributed by atoms with van der Waals surface area (Å²) >= 11 is 0. The smallest absolute Gasteiger partial charge is 0.258 e. The Morgan fingerprint density at radius 3 is 0.857 bits per heavy atom. The zero-order valence-electron chi connectivity index (χ0n) is 22.0. The number of nitrogens with zero attached hydrogens (tertiary/aromatic N) is 4. The van der Waals surface area contributed by atoms with Crippen LogP contribution in [0.1, 0.15) is 0 Å². The first-order chi connectivity index (χ1) is 20.5. The summed E-state index contributed by atoms with van der Waals surface area (Å²) in [5, 5.41) is 3.17. The summed E-state index contributed by atoms with van der Waals surface area (Å²) in [6.45, 7) is 0. The average Bonchev–Trinajstić information content (AvgIpc) is 3.53. The Balaban J connectivity index is 0.000000137. The number of benzene rings is 4. The molecule has 0 saturated carbocycles. The van der Waals surface area contributed by atoms with Crippen molar-refractivity contribution in [2.24, 2.45) is 0 Å². The molecule has 6 aromatic rings. The van der Waals surface area contributed by atoms with Crippen molar-refractivity contribution in [3.8, 4) is 0 Å². The van der Waals surface area contributed by atoms with Crippen LogP contribution in [0.2, 0.25) is 0 Å². The van der Waals surface area contributed by atoms with E-state index in [1.165, 1.54) is 34.1 Å². The zero-order valence-corrected chi connectivity index (χ0v) is 22.0. The molecule has 0 aliphatic carbocycles. The van der Waals surface area contributed by atoms with Gasteiger partial charge in [-0.05, 0) is 24.3 Å². The highest BCUT2D eigenvalue weighted by Gasteiger charge is 2.29. The number of amides is 4. The topological polar surface area (TPSA) is 101 Å². The fraction of sp³-hybridized carbons (Fsp3) is 0. The third-order valence-corrected chi connectivity index (χ3v) is 7.18. The lowest BCUT2D eigenvalue weighted by molar-refractivity contribution is -0.121. The zero-order chi connectivity index (χ0) is 28.8. The minimum absolute atomic E-state index is 0.318. The second kappa shape index (κ2) is 9.87. The lowest BCUT2D eigenvalue weighted by atomic mass is 10.1. The van der Waals surface area contributed by atoms with Gasteiger partial charge < -0.3 is 0 Å². The Labute approximate surface area is 238 Å². The second-order valence-corrected chi connectivity index (χ2v) is 9.68. The molecule has 200 valence electrons. The van der Waals surface area contributed by atoms with Crippen molar-refractivity contribution in [1.29, 1.82) is 0 Å². The predicted octanol–water partition coefficient (Wildman–Crippen LogP) is 5.63. The van der Waals surface area contributed by atoms with E-state index in [4.69, 9.17) is 0 Å².